The summed E-state index contributed by atoms with van der Waals surface area (Å²) in [5, 5.41) is 0. The molecule has 2 heterocycles. The Bertz CT molecular complexity index is 403. The van der Waals surface area contributed by atoms with E-state index in [4.69, 9.17) is 4.74 Å². The van der Waals surface area contributed by atoms with E-state index in [0.717, 1.165) is 32.4 Å². The third kappa shape index (κ3) is 4.11. The van der Waals surface area contributed by atoms with Gasteiger partial charge in [-0.25, -0.2) is 4.79 Å². The Labute approximate surface area is 127 Å². The van der Waals surface area contributed by atoms with Crippen molar-refractivity contribution >= 4 is 12.0 Å². The summed E-state index contributed by atoms with van der Waals surface area (Å²) in [6.45, 7) is 9.99. The molecule has 2 aliphatic rings. The standard InChI is InChI=1S/C16H28N2O3/c1-12-7-5-9-17(11-12)14(19)13-8-6-10-18(13)15(20)21-16(2,3)4/h12-13H,5-11H2,1-4H3. The number of hydrogen-bond acceptors (Lipinski definition) is 3. The number of hydrogen-bond donors (Lipinski definition) is 0. The van der Waals surface area contributed by atoms with Crippen molar-refractivity contribution in [3.05, 3.63) is 0 Å². The zero-order valence-electron chi connectivity index (χ0n) is 13.7. The lowest BCUT2D eigenvalue weighted by Gasteiger charge is -2.35. The minimum Gasteiger partial charge on any atom is -0.444 e. The van der Waals surface area contributed by atoms with Crippen molar-refractivity contribution in [1.29, 1.82) is 0 Å². The lowest BCUT2D eigenvalue weighted by Crippen LogP contribution is -2.51. The molecule has 0 aromatic heterocycles. The van der Waals surface area contributed by atoms with Crippen LogP contribution in [0.25, 0.3) is 0 Å². The van der Waals surface area contributed by atoms with Gasteiger partial charge >= 0.3 is 6.09 Å². The Morgan fingerprint density at radius 1 is 1.10 bits per heavy atom. The fourth-order valence-electron chi connectivity index (χ4n) is 3.16. The van der Waals surface area contributed by atoms with Gasteiger partial charge in [-0.3, -0.25) is 9.69 Å². The van der Waals surface area contributed by atoms with Crippen molar-refractivity contribution in [2.24, 2.45) is 5.92 Å². The van der Waals surface area contributed by atoms with Gasteiger partial charge in [0, 0.05) is 19.6 Å². The van der Waals surface area contributed by atoms with Crippen LogP contribution in [0.4, 0.5) is 4.79 Å². The third-order valence-corrected chi connectivity index (χ3v) is 4.13. The summed E-state index contributed by atoms with van der Waals surface area (Å²) in [5.41, 5.74) is -0.521. The lowest BCUT2D eigenvalue weighted by atomic mass is 9.99. The highest BCUT2D eigenvalue weighted by atomic mass is 16.6. The number of nitrogens with zero attached hydrogens (tertiary/aromatic N) is 2. The first kappa shape index (κ1) is 16.1. The first-order chi connectivity index (χ1) is 9.78. The number of carbonyl (C=O) groups is 2. The predicted molar refractivity (Wildman–Crippen MR) is 80.9 cm³/mol. The van der Waals surface area contributed by atoms with Crippen LogP contribution in [0.15, 0.2) is 0 Å². The van der Waals surface area contributed by atoms with Crippen LogP contribution in [-0.4, -0.2) is 53.1 Å². The molecule has 0 radical (unpaired) electrons. The second-order valence-electron chi connectivity index (χ2n) is 7.36. The smallest absolute Gasteiger partial charge is 0.410 e. The molecule has 0 saturated carbocycles. The summed E-state index contributed by atoms with van der Waals surface area (Å²) in [7, 11) is 0. The summed E-state index contributed by atoms with van der Waals surface area (Å²) >= 11 is 0. The maximum Gasteiger partial charge on any atom is 0.410 e. The highest BCUT2D eigenvalue weighted by Crippen LogP contribution is 2.24. The minimum absolute atomic E-state index is 0.102. The molecular weight excluding hydrogens is 268 g/mol. The molecule has 2 unspecified atom stereocenters. The number of likely N-dealkylation sites (tertiary alicyclic amines) is 2. The molecule has 2 amide bonds. The molecule has 5 heteroatoms. The number of carbonyl (C=O) groups excluding carboxylic acids is 2. The average Bonchev–Trinajstić information content (AvgIpc) is 2.85. The molecule has 0 aromatic rings. The quantitative estimate of drug-likeness (QED) is 0.747. The van der Waals surface area contributed by atoms with E-state index in [1.807, 2.05) is 25.7 Å². The fourth-order valence-corrected chi connectivity index (χ4v) is 3.16. The minimum atomic E-state index is -0.521. The Hall–Kier alpha value is -1.26. The fraction of sp³-hybridized carbons (Fsp3) is 0.875. The van der Waals surface area contributed by atoms with Gasteiger partial charge in [-0.15, -0.1) is 0 Å². The van der Waals surface area contributed by atoms with E-state index < -0.39 is 5.60 Å². The van der Waals surface area contributed by atoms with Gasteiger partial charge < -0.3 is 9.64 Å². The van der Waals surface area contributed by atoms with E-state index in [-0.39, 0.29) is 18.0 Å². The molecular formula is C16H28N2O3. The van der Waals surface area contributed by atoms with Gasteiger partial charge in [-0.1, -0.05) is 6.92 Å². The maximum atomic E-state index is 12.7. The average molecular weight is 296 g/mol. The molecule has 0 aliphatic carbocycles. The molecule has 2 aliphatic heterocycles. The number of amides is 2. The molecule has 120 valence electrons. The van der Waals surface area contributed by atoms with Crippen LogP contribution in [-0.2, 0) is 9.53 Å². The van der Waals surface area contributed by atoms with Crippen LogP contribution in [0.1, 0.15) is 53.4 Å². The molecule has 0 spiro atoms. The first-order valence-electron chi connectivity index (χ1n) is 8.06. The van der Waals surface area contributed by atoms with Crippen LogP contribution in [0.5, 0.6) is 0 Å². The van der Waals surface area contributed by atoms with Gasteiger partial charge in [0.1, 0.15) is 11.6 Å². The van der Waals surface area contributed by atoms with Gasteiger partial charge in [0.15, 0.2) is 0 Å². The van der Waals surface area contributed by atoms with Crippen molar-refractivity contribution < 1.29 is 14.3 Å². The molecule has 0 bridgehead atoms. The Morgan fingerprint density at radius 2 is 1.76 bits per heavy atom. The van der Waals surface area contributed by atoms with E-state index in [9.17, 15) is 9.59 Å². The zero-order valence-corrected chi connectivity index (χ0v) is 13.7. The van der Waals surface area contributed by atoms with Gasteiger partial charge in [0.05, 0.1) is 0 Å². The van der Waals surface area contributed by atoms with Crippen LogP contribution < -0.4 is 0 Å². The van der Waals surface area contributed by atoms with Crippen molar-refractivity contribution in [2.45, 2.75) is 65.0 Å². The molecule has 0 aromatic carbocycles. The van der Waals surface area contributed by atoms with Gasteiger partial charge in [-0.2, -0.15) is 0 Å². The molecule has 21 heavy (non-hydrogen) atoms. The van der Waals surface area contributed by atoms with E-state index in [1.54, 1.807) is 4.90 Å². The Morgan fingerprint density at radius 3 is 2.38 bits per heavy atom. The molecule has 0 N–H and O–H groups in total. The highest BCUT2D eigenvalue weighted by molar-refractivity contribution is 5.86. The van der Waals surface area contributed by atoms with Gasteiger partial charge in [-0.05, 0) is 52.4 Å². The molecule has 2 fully saturated rings. The lowest BCUT2D eigenvalue weighted by molar-refractivity contribution is -0.137. The highest BCUT2D eigenvalue weighted by Gasteiger charge is 2.39. The molecule has 2 saturated heterocycles. The Kier molecular flexibility index (Phi) is 4.79. The van der Waals surface area contributed by atoms with Crippen LogP contribution >= 0.6 is 0 Å². The zero-order chi connectivity index (χ0) is 15.6. The van der Waals surface area contributed by atoms with Gasteiger partial charge in [0.25, 0.3) is 0 Å². The van der Waals surface area contributed by atoms with Crippen molar-refractivity contribution in [1.82, 2.24) is 9.80 Å². The maximum absolute atomic E-state index is 12.7. The second kappa shape index (κ2) is 6.24. The normalized spacial score (nSPS) is 26.9. The van der Waals surface area contributed by atoms with Crippen molar-refractivity contribution in [2.75, 3.05) is 19.6 Å². The van der Waals surface area contributed by atoms with Crippen LogP contribution in [0.2, 0.25) is 0 Å². The van der Waals surface area contributed by atoms with Crippen LogP contribution in [0.3, 0.4) is 0 Å². The third-order valence-electron chi connectivity index (χ3n) is 4.13. The topological polar surface area (TPSA) is 49.9 Å². The molecule has 2 rings (SSSR count). The molecule has 2 atom stereocenters. The monoisotopic (exact) mass is 296 g/mol. The van der Waals surface area contributed by atoms with E-state index in [1.165, 1.54) is 6.42 Å². The number of piperidine rings is 1. The summed E-state index contributed by atoms with van der Waals surface area (Å²) in [4.78, 5) is 28.5. The summed E-state index contributed by atoms with van der Waals surface area (Å²) in [6, 6.07) is -0.329. The number of ether oxygens (including phenoxy) is 1. The van der Waals surface area contributed by atoms with E-state index in [0.29, 0.717) is 12.5 Å². The summed E-state index contributed by atoms with van der Waals surface area (Å²) in [5.74, 6) is 0.656. The second-order valence-corrected chi connectivity index (χ2v) is 7.36. The van der Waals surface area contributed by atoms with Crippen molar-refractivity contribution in [3.63, 3.8) is 0 Å². The first-order valence-corrected chi connectivity index (χ1v) is 8.06. The predicted octanol–water partition coefficient (Wildman–Crippen LogP) is 2.64. The largest absolute Gasteiger partial charge is 0.444 e. The summed E-state index contributed by atoms with van der Waals surface area (Å²) < 4.78 is 5.43. The summed E-state index contributed by atoms with van der Waals surface area (Å²) in [6.07, 6.45) is 3.52. The SMILES string of the molecule is CC1CCCN(C(=O)C2CCCN2C(=O)OC(C)(C)C)C1. The van der Waals surface area contributed by atoms with Crippen LogP contribution in [0, 0.1) is 5.92 Å². The van der Waals surface area contributed by atoms with E-state index >= 15 is 0 Å². The molecule has 5 nitrogen and oxygen atoms in total. The van der Waals surface area contributed by atoms with Gasteiger partial charge in [0.2, 0.25) is 5.91 Å². The number of rotatable bonds is 1. The van der Waals surface area contributed by atoms with Crippen molar-refractivity contribution in [3.8, 4) is 0 Å². The van der Waals surface area contributed by atoms with E-state index in [2.05, 4.69) is 6.92 Å². The Balaban J connectivity index is 2.00.